The fourth-order valence-electron chi connectivity index (χ4n) is 1.89. The highest BCUT2D eigenvalue weighted by atomic mass is 16.6. The van der Waals surface area contributed by atoms with E-state index >= 15 is 0 Å². The molecular weight excluding hydrogens is 228 g/mol. The van der Waals surface area contributed by atoms with E-state index in [1.165, 1.54) is 25.7 Å². The zero-order valence-corrected chi connectivity index (χ0v) is 10.6. The van der Waals surface area contributed by atoms with Gasteiger partial charge in [-0.15, -0.1) is 0 Å². The predicted octanol–water partition coefficient (Wildman–Crippen LogP) is 3.23. The Kier molecular flexibility index (Phi) is 5.21. The van der Waals surface area contributed by atoms with Crippen molar-refractivity contribution in [3.63, 3.8) is 0 Å². The van der Waals surface area contributed by atoms with Crippen LogP contribution in [0.1, 0.15) is 42.5 Å². The van der Waals surface area contributed by atoms with Gasteiger partial charge in [-0.05, 0) is 37.1 Å². The number of unbranched alkanes of at least 4 members (excludes halogenated alkanes) is 3. The Labute approximate surface area is 108 Å². The first-order valence-electron chi connectivity index (χ1n) is 6.68. The summed E-state index contributed by atoms with van der Waals surface area (Å²) < 4.78 is 10.8. The highest BCUT2D eigenvalue weighted by molar-refractivity contribution is 5.74. The van der Waals surface area contributed by atoms with Gasteiger partial charge in [-0.25, -0.2) is 0 Å². The molecule has 1 aliphatic rings. The van der Waals surface area contributed by atoms with Crippen molar-refractivity contribution >= 4 is 6.29 Å². The van der Waals surface area contributed by atoms with Gasteiger partial charge in [0.05, 0.1) is 19.3 Å². The Morgan fingerprint density at radius 2 is 1.89 bits per heavy atom. The molecular formula is C15H20O3. The number of benzene rings is 1. The van der Waals surface area contributed by atoms with Gasteiger partial charge in [0.2, 0.25) is 0 Å². The van der Waals surface area contributed by atoms with E-state index < -0.39 is 0 Å². The molecule has 0 spiro atoms. The first-order valence-corrected chi connectivity index (χ1v) is 6.68. The Bertz CT molecular complexity index is 355. The summed E-state index contributed by atoms with van der Waals surface area (Å²) in [7, 11) is 0. The number of hydrogen-bond acceptors (Lipinski definition) is 3. The van der Waals surface area contributed by atoms with E-state index in [-0.39, 0.29) is 0 Å². The highest BCUT2D eigenvalue weighted by Gasteiger charge is 2.20. The van der Waals surface area contributed by atoms with Crippen LogP contribution in [0.3, 0.4) is 0 Å². The van der Waals surface area contributed by atoms with Crippen molar-refractivity contribution in [3.05, 3.63) is 29.8 Å². The second kappa shape index (κ2) is 7.17. The van der Waals surface area contributed by atoms with Gasteiger partial charge in [0.1, 0.15) is 12.0 Å². The molecule has 1 aromatic rings. The molecule has 1 aromatic carbocycles. The van der Waals surface area contributed by atoms with Crippen LogP contribution in [0.2, 0.25) is 0 Å². The van der Waals surface area contributed by atoms with Gasteiger partial charge in [-0.3, -0.25) is 4.79 Å². The summed E-state index contributed by atoms with van der Waals surface area (Å²) in [6, 6.07) is 7.23. The van der Waals surface area contributed by atoms with E-state index in [1.807, 2.05) is 12.1 Å². The molecule has 0 bridgehead atoms. The Balaban J connectivity index is 1.49. The number of hydrogen-bond donors (Lipinski definition) is 0. The van der Waals surface area contributed by atoms with Crippen molar-refractivity contribution in [1.29, 1.82) is 0 Å². The van der Waals surface area contributed by atoms with Crippen LogP contribution >= 0.6 is 0 Å². The Hall–Kier alpha value is -1.35. The minimum Gasteiger partial charge on any atom is -0.494 e. The van der Waals surface area contributed by atoms with Gasteiger partial charge < -0.3 is 9.47 Å². The molecule has 1 heterocycles. The van der Waals surface area contributed by atoms with Crippen LogP contribution in [0.25, 0.3) is 0 Å². The van der Waals surface area contributed by atoms with E-state index in [2.05, 4.69) is 0 Å². The van der Waals surface area contributed by atoms with E-state index in [1.54, 1.807) is 12.1 Å². The quantitative estimate of drug-likeness (QED) is 0.382. The monoisotopic (exact) mass is 248 g/mol. The van der Waals surface area contributed by atoms with Crippen molar-refractivity contribution in [2.45, 2.75) is 38.2 Å². The summed E-state index contributed by atoms with van der Waals surface area (Å²) in [6.07, 6.45) is 7.44. The number of rotatable bonds is 9. The van der Waals surface area contributed by atoms with Crippen LogP contribution in [-0.4, -0.2) is 25.6 Å². The third kappa shape index (κ3) is 4.88. The summed E-state index contributed by atoms with van der Waals surface area (Å²) in [5, 5.41) is 0. The molecule has 3 heteroatoms. The van der Waals surface area contributed by atoms with Gasteiger partial charge in [0.15, 0.2) is 0 Å². The topological polar surface area (TPSA) is 38.8 Å². The lowest BCUT2D eigenvalue weighted by molar-refractivity contribution is 0.112. The first-order chi connectivity index (χ1) is 8.88. The molecule has 0 radical (unpaired) electrons. The number of carbonyl (C=O) groups excluding carboxylic acids is 1. The second-order valence-corrected chi connectivity index (χ2v) is 4.69. The lowest BCUT2D eigenvalue weighted by atomic mass is 10.1. The van der Waals surface area contributed by atoms with Crippen molar-refractivity contribution in [2.75, 3.05) is 13.2 Å². The third-order valence-corrected chi connectivity index (χ3v) is 3.11. The molecule has 18 heavy (non-hydrogen) atoms. The van der Waals surface area contributed by atoms with Gasteiger partial charge in [-0.1, -0.05) is 19.3 Å². The average molecular weight is 248 g/mol. The average Bonchev–Trinajstić information content (AvgIpc) is 3.22. The molecule has 1 fully saturated rings. The van der Waals surface area contributed by atoms with Crippen LogP contribution in [0.4, 0.5) is 0 Å². The molecule has 0 N–H and O–H groups in total. The van der Waals surface area contributed by atoms with Gasteiger partial charge in [0, 0.05) is 5.56 Å². The van der Waals surface area contributed by atoms with Crippen LogP contribution in [-0.2, 0) is 4.74 Å². The molecule has 1 saturated heterocycles. The normalized spacial score (nSPS) is 17.4. The zero-order valence-electron chi connectivity index (χ0n) is 10.6. The van der Waals surface area contributed by atoms with Gasteiger partial charge >= 0.3 is 0 Å². The summed E-state index contributed by atoms with van der Waals surface area (Å²) in [6.45, 7) is 1.72. The molecule has 0 amide bonds. The Morgan fingerprint density at radius 3 is 2.56 bits per heavy atom. The van der Waals surface area contributed by atoms with Crippen LogP contribution in [0, 0.1) is 0 Å². The van der Waals surface area contributed by atoms with Crippen molar-refractivity contribution in [3.8, 4) is 5.75 Å². The number of carbonyl (C=O) groups is 1. The third-order valence-electron chi connectivity index (χ3n) is 3.11. The SMILES string of the molecule is O=Cc1ccc(OCCCCCCC2CO2)cc1. The lowest BCUT2D eigenvalue weighted by Gasteiger charge is -2.05. The molecule has 3 nitrogen and oxygen atoms in total. The Morgan fingerprint density at radius 1 is 1.17 bits per heavy atom. The van der Waals surface area contributed by atoms with Gasteiger partial charge in [-0.2, -0.15) is 0 Å². The number of epoxide rings is 1. The summed E-state index contributed by atoms with van der Waals surface area (Å²) >= 11 is 0. The van der Waals surface area contributed by atoms with Crippen molar-refractivity contribution in [2.24, 2.45) is 0 Å². The maximum Gasteiger partial charge on any atom is 0.150 e. The fraction of sp³-hybridized carbons (Fsp3) is 0.533. The van der Waals surface area contributed by atoms with E-state index in [0.29, 0.717) is 11.7 Å². The van der Waals surface area contributed by atoms with E-state index in [9.17, 15) is 4.79 Å². The zero-order chi connectivity index (χ0) is 12.6. The second-order valence-electron chi connectivity index (χ2n) is 4.69. The largest absolute Gasteiger partial charge is 0.494 e. The van der Waals surface area contributed by atoms with Crippen molar-refractivity contribution in [1.82, 2.24) is 0 Å². The van der Waals surface area contributed by atoms with Gasteiger partial charge in [0.25, 0.3) is 0 Å². The van der Waals surface area contributed by atoms with Crippen LogP contribution in [0.5, 0.6) is 5.75 Å². The molecule has 0 saturated carbocycles. The predicted molar refractivity (Wildman–Crippen MR) is 70.1 cm³/mol. The molecule has 2 rings (SSSR count). The molecule has 1 aliphatic heterocycles. The smallest absolute Gasteiger partial charge is 0.150 e. The standard InChI is InChI=1S/C15H20O3/c16-11-13-6-8-14(9-7-13)17-10-4-2-1-3-5-15-12-18-15/h6-9,11,15H,1-5,10,12H2. The van der Waals surface area contributed by atoms with Crippen molar-refractivity contribution < 1.29 is 14.3 Å². The maximum absolute atomic E-state index is 10.5. The first kappa shape index (κ1) is 13.1. The lowest BCUT2D eigenvalue weighted by Crippen LogP contribution is -1.97. The summed E-state index contributed by atoms with van der Waals surface area (Å²) in [5.74, 6) is 0.840. The van der Waals surface area contributed by atoms with Crippen LogP contribution < -0.4 is 4.74 Å². The fourth-order valence-corrected chi connectivity index (χ4v) is 1.89. The number of ether oxygens (including phenoxy) is 2. The number of aldehydes is 1. The summed E-state index contributed by atoms with van der Waals surface area (Å²) in [4.78, 5) is 10.5. The van der Waals surface area contributed by atoms with Crippen LogP contribution in [0.15, 0.2) is 24.3 Å². The summed E-state index contributed by atoms with van der Waals surface area (Å²) in [5.41, 5.74) is 0.685. The maximum atomic E-state index is 10.5. The van der Waals surface area contributed by atoms with E-state index in [0.717, 1.165) is 31.7 Å². The van der Waals surface area contributed by atoms with E-state index in [4.69, 9.17) is 9.47 Å². The highest BCUT2D eigenvalue weighted by Crippen LogP contribution is 2.17. The molecule has 98 valence electrons. The molecule has 1 atom stereocenters. The minimum atomic E-state index is 0.567. The minimum absolute atomic E-state index is 0.567. The molecule has 1 unspecified atom stereocenters. The molecule has 0 aromatic heterocycles. The molecule has 0 aliphatic carbocycles.